The molecular weight excluding hydrogens is 350 g/mol. The number of guanidine groups is 1. The molecule has 0 bridgehead atoms. The van der Waals surface area contributed by atoms with Gasteiger partial charge in [0.15, 0.2) is 5.96 Å². The first-order valence-corrected chi connectivity index (χ1v) is 11.1. The van der Waals surface area contributed by atoms with Crippen LogP contribution in [0.5, 0.6) is 0 Å². The van der Waals surface area contributed by atoms with Crippen molar-refractivity contribution in [3.63, 3.8) is 0 Å². The molecule has 1 amide bonds. The molecule has 1 atom stereocenters. The number of hydrogen-bond donors (Lipinski definition) is 2. The lowest BCUT2D eigenvalue weighted by Gasteiger charge is -2.37. The molecule has 0 aromatic carbocycles. The summed E-state index contributed by atoms with van der Waals surface area (Å²) in [5.41, 5.74) is -0.644. The van der Waals surface area contributed by atoms with Crippen LogP contribution in [0.15, 0.2) is 4.99 Å². The number of carbonyl (C=O) groups is 1. The lowest BCUT2D eigenvalue weighted by molar-refractivity contribution is -0.131. The van der Waals surface area contributed by atoms with E-state index >= 15 is 0 Å². The third kappa shape index (κ3) is 5.27. The first-order chi connectivity index (χ1) is 12.6. The van der Waals surface area contributed by atoms with E-state index in [0.29, 0.717) is 13.1 Å². The van der Waals surface area contributed by atoms with Gasteiger partial charge in [-0.2, -0.15) is 11.8 Å². The van der Waals surface area contributed by atoms with Crippen LogP contribution in [0.3, 0.4) is 0 Å². The van der Waals surface area contributed by atoms with Gasteiger partial charge in [0.2, 0.25) is 5.91 Å². The van der Waals surface area contributed by atoms with Crippen LogP contribution in [-0.4, -0.2) is 108 Å². The lowest BCUT2D eigenvalue weighted by atomic mass is 10.0. The first kappa shape index (κ1) is 19.8. The van der Waals surface area contributed by atoms with E-state index in [1.165, 1.54) is 0 Å². The molecule has 1 unspecified atom stereocenters. The molecule has 148 valence electrons. The van der Waals surface area contributed by atoms with E-state index in [1.54, 1.807) is 11.8 Å². The van der Waals surface area contributed by atoms with E-state index in [0.717, 1.165) is 82.5 Å². The summed E-state index contributed by atoms with van der Waals surface area (Å²) in [6.45, 7) is 9.25. The van der Waals surface area contributed by atoms with Gasteiger partial charge in [-0.3, -0.25) is 14.7 Å². The Morgan fingerprint density at radius 2 is 1.88 bits per heavy atom. The molecule has 0 aliphatic carbocycles. The average molecular weight is 384 g/mol. The first-order valence-electron chi connectivity index (χ1n) is 9.93. The number of nitrogens with zero attached hydrogens (tertiary/aromatic N) is 4. The van der Waals surface area contributed by atoms with Crippen LogP contribution in [0, 0.1) is 0 Å². The van der Waals surface area contributed by atoms with Gasteiger partial charge >= 0.3 is 0 Å². The maximum Gasteiger partial charge on any atom is 0.236 e. The van der Waals surface area contributed by atoms with Crippen LogP contribution in [0.25, 0.3) is 0 Å². The Labute approximate surface area is 161 Å². The van der Waals surface area contributed by atoms with E-state index in [4.69, 9.17) is 4.99 Å². The fraction of sp³-hybridized carbons (Fsp3) is 0.889. The standard InChI is InChI=1S/C18H33N5O2S/c1-2-19-17(20-14-18(25)5-12-26-15-18)23-10-8-21(9-11-23)13-16(24)22-6-3-4-7-22/h25H,2-15H2,1H3,(H,19,20). The Hall–Kier alpha value is -0.990. The topological polar surface area (TPSA) is 71.4 Å². The molecule has 3 rings (SSSR count). The van der Waals surface area contributed by atoms with Crippen molar-refractivity contribution in [2.75, 3.05) is 70.4 Å². The third-order valence-corrected chi connectivity index (χ3v) is 6.66. The van der Waals surface area contributed by atoms with Crippen LogP contribution in [0.1, 0.15) is 26.2 Å². The van der Waals surface area contributed by atoms with E-state index in [2.05, 4.69) is 22.0 Å². The Morgan fingerprint density at radius 1 is 1.15 bits per heavy atom. The minimum Gasteiger partial charge on any atom is -0.387 e. The Kier molecular flexibility index (Phi) is 7.05. The number of aliphatic hydroxyl groups is 1. The lowest BCUT2D eigenvalue weighted by Crippen LogP contribution is -2.54. The zero-order chi connectivity index (χ0) is 18.4. The molecule has 0 saturated carbocycles. The molecule has 3 aliphatic heterocycles. The van der Waals surface area contributed by atoms with E-state index < -0.39 is 5.60 Å². The SMILES string of the molecule is CCNC(=NCC1(O)CCSC1)N1CCN(CC(=O)N2CCCC2)CC1. The highest BCUT2D eigenvalue weighted by Gasteiger charge is 2.32. The molecule has 0 aromatic rings. The Morgan fingerprint density at radius 3 is 2.50 bits per heavy atom. The predicted octanol–water partition coefficient (Wildman–Crippen LogP) is 0.0599. The number of thioether (sulfide) groups is 1. The molecule has 3 heterocycles. The summed E-state index contributed by atoms with van der Waals surface area (Å²) in [6.07, 6.45) is 3.12. The van der Waals surface area contributed by atoms with Crippen molar-refractivity contribution in [1.82, 2.24) is 20.0 Å². The molecule has 7 nitrogen and oxygen atoms in total. The largest absolute Gasteiger partial charge is 0.387 e. The second-order valence-electron chi connectivity index (χ2n) is 7.55. The molecule has 0 radical (unpaired) electrons. The molecule has 3 saturated heterocycles. The third-order valence-electron chi connectivity index (χ3n) is 5.43. The maximum atomic E-state index is 12.3. The van der Waals surface area contributed by atoms with Gasteiger partial charge in [-0.05, 0) is 31.9 Å². The van der Waals surface area contributed by atoms with Crippen molar-refractivity contribution in [2.45, 2.75) is 31.8 Å². The number of aliphatic imine (C=N–C) groups is 1. The molecule has 0 aromatic heterocycles. The molecule has 8 heteroatoms. The summed E-state index contributed by atoms with van der Waals surface area (Å²) in [5.74, 6) is 2.97. The van der Waals surface area contributed by atoms with Crippen LogP contribution in [-0.2, 0) is 4.79 Å². The van der Waals surface area contributed by atoms with E-state index in [9.17, 15) is 9.90 Å². The van der Waals surface area contributed by atoms with Crippen molar-refractivity contribution in [1.29, 1.82) is 0 Å². The highest BCUT2D eigenvalue weighted by Crippen LogP contribution is 2.28. The van der Waals surface area contributed by atoms with Crippen LogP contribution in [0.4, 0.5) is 0 Å². The van der Waals surface area contributed by atoms with E-state index in [-0.39, 0.29) is 5.91 Å². The molecule has 2 N–H and O–H groups in total. The number of nitrogens with one attached hydrogen (secondary N) is 1. The minimum atomic E-state index is -0.644. The number of rotatable bonds is 5. The van der Waals surface area contributed by atoms with Crippen molar-refractivity contribution in [2.24, 2.45) is 4.99 Å². The van der Waals surface area contributed by atoms with Gasteiger partial charge in [-0.15, -0.1) is 0 Å². The minimum absolute atomic E-state index is 0.275. The Bertz CT molecular complexity index is 496. The van der Waals surface area contributed by atoms with Gasteiger partial charge in [-0.25, -0.2) is 0 Å². The number of likely N-dealkylation sites (tertiary alicyclic amines) is 1. The average Bonchev–Trinajstić information content (AvgIpc) is 3.32. The predicted molar refractivity (Wildman–Crippen MR) is 107 cm³/mol. The van der Waals surface area contributed by atoms with Crippen LogP contribution in [0.2, 0.25) is 0 Å². The van der Waals surface area contributed by atoms with Gasteiger partial charge < -0.3 is 20.2 Å². The maximum absolute atomic E-state index is 12.3. The molecule has 3 aliphatic rings. The van der Waals surface area contributed by atoms with Crippen molar-refractivity contribution < 1.29 is 9.90 Å². The van der Waals surface area contributed by atoms with Crippen molar-refractivity contribution >= 4 is 23.6 Å². The summed E-state index contributed by atoms with van der Waals surface area (Å²) >= 11 is 1.80. The molecular formula is C18H33N5O2S. The highest BCUT2D eigenvalue weighted by atomic mass is 32.2. The summed E-state index contributed by atoms with van der Waals surface area (Å²) in [7, 11) is 0. The number of carbonyl (C=O) groups excluding carboxylic acids is 1. The number of hydrogen-bond acceptors (Lipinski definition) is 5. The zero-order valence-corrected chi connectivity index (χ0v) is 16.8. The zero-order valence-electron chi connectivity index (χ0n) is 16.0. The summed E-state index contributed by atoms with van der Waals surface area (Å²) in [4.78, 5) is 23.5. The summed E-state index contributed by atoms with van der Waals surface area (Å²) < 4.78 is 0. The van der Waals surface area contributed by atoms with Gasteiger partial charge in [0.1, 0.15) is 0 Å². The van der Waals surface area contributed by atoms with Gasteiger partial charge in [0.25, 0.3) is 0 Å². The van der Waals surface area contributed by atoms with Crippen LogP contribution < -0.4 is 5.32 Å². The van der Waals surface area contributed by atoms with Gasteiger partial charge in [0, 0.05) is 51.6 Å². The smallest absolute Gasteiger partial charge is 0.236 e. The van der Waals surface area contributed by atoms with Gasteiger partial charge in [0.05, 0.1) is 18.7 Å². The Balaban J connectivity index is 1.48. The quantitative estimate of drug-likeness (QED) is 0.517. The second kappa shape index (κ2) is 9.28. The summed E-state index contributed by atoms with van der Waals surface area (Å²) in [5, 5.41) is 13.9. The summed E-state index contributed by atoms with van der Waals surface area (Å²) in [6, 6.07) is 0. The normalized spacial score (nSPS) is 28.0. The highest BCUT2D eigenvalue weighted by molar-refractivity contribution is 7.99. The monoisotopic (exact) mass is 383 g/mol. The van der Waals surface area contributed by atoms with Crippen molar-refractivity contribution in [3.05, 3.63) is 0 Å². The van der Waals surface area contributed by atoms with Crippen LogP contribution >= 0.6 is 11.8 Å². The van der Waals surface area contributed by atoms with Gasteiger partial charge in [-0.1, -0.05) is 0 Å². The molecule has 0 spiro atoms. The van der Waals surface area contributed by atoms with E-state index in [1.807, 2.05) is 4.90 Å². The fourth-order valence-corrected chi connectivity index (χ4v) is 5.03. The van der Waals surface area contributed by atoms with Crippen molar-refractivity contribution in [3.8, 4) is 0 Å². The molecule has 26 heavy (non-hydrogen) atoms. The fourth-order valence-electron chi connectivity index (χ4n) is 3.74. The number of amides is 1. The molecule has 3 fully saturated rings. The number of piperazine rings is 1. The second-order valence-corrected chi connectivity index (χ2v) is 8.65.